The maximum atomic E-state index is 13.1. The van der Waals surface area contributed by atoms with Crippen LogP contribution < -0.4 is 5.32 Å². The molecule has 0 bridgehead atoms. The van der Waals surface area contributed by atoms with E-state index in [9.17, 15) is 14.4 Å². The number of rotatable bonds is 5. The second-order valence-electron chi connectivity index (χ2n) is 8.28. The molecule has 2 saturated heterocycles. The molecule has 1 N–H and O–H groups in total. The van der Waals surface area contributed by atoms with Crippen LogP contribution in [0.2, 0.25) is 5.02 Å². The predicted molar refractivity (Wildman–Crippen MR) is 117 cm³/mol. The molecule has 3 rings (SSSR count). The van der Waals surface area contributed by atoms with E-state index >= 15 is 0 Å². The molecule has 2 aliphatic heterocycles. The molecule has 2 fully saturated rings. The van der Waals surface area contributed by atoms with Crippen LogP contribution in [-0.2, 0) is 16.0 Å². The number of likely N-dealkylation sites (tertiary alicyclic amines) is 2. The van der Waals surface area contributed by atoms with Crippen LogP contribution in [0, 0.1) is 5.92 Å². The van der Waals surface area contributed by atoms with Crippen molar-refractivity contribution in [2.45, 2.75) is 58.4 Å². The number of aryl methyl sites for hydroxylation is 1. The molecule has 2 aliphatic rings. The smallest absolute Gasteiger partial charge is 0.251 e. The number of carbonyl (C=O) groups is 3. The largest absolute Gasteiger partial charge is 0.348 e. The number of amides is 3. The monoisotopic (exact) mass is 433 g/mol. The molecule has 0 radical (unpaired) electrons. The lowest BCUT2D eigenvalue weighted by molar-refractivity contribution is -0.143. The molecule has 6 nitrogen and oxygen atoms in total. The zero-order chi connectivity index (χ0) is 21.7. The second kappa shape index (κ2) is 10.3. The van der Waals surface area contributed by atoms with Gasteiger partial charge in [-0.2, -0.15) is 0 Å². The van der Waals surface area contributed by atoms with Gasteiger partial charge in [0.2, 0.25) is 11.8 Å². The third-order valence-corrected chi connectivity index (χ3v) is 6.60. The van der Waals surface area contributed by atoms with E-state index in [1.807, 2.05) is 24.8 Å². The third-order valence-electron chi connectivity index (χ3n) is 6.25. The highest BCUT2D eigenvalue weighted by Crippen LogP contribution is 2.22. The summed E-state index contributed by atoms with van der Waals surface area (Å²) in [6.45, 7) is 6.34. The molecule has 164 valence electrons. The van der Waals surface area contributed by atoms with Crippen molar-refractivity contribution in [3.05, 3.63) is 34.3 Å². The van der Waals surface area contributed by atoms with Crippen LogP contribution in [0.25, 0.3) is 0 Å². The van der Waals surface area contributed by atoms with E-state index in [0.717, 1.165) is 31.2 Å². The Labute approximate surface area is 183 Å². The van der Waals surface area contributed by atoms with Crippen molar-refractivity contribution in [1.29, 1.82) is 0 Å². The average molecular weight is 434 g/mol. The first-order chi connectivity index (χ1) is 14.4. The molecule has 2 heterocycles. The fourth-order valence-corrected chi connectivity index (χ4v) is 4.70. The van der Waals surface area contributed by atoms with Crippen LogP contribution in [0.3, 0.4) is 0 Å². The number of halogens is 1. The Morgan fingerprint density at radius 2 is 1.97 bits per heavy atom. The minimum Gasteiger partial charge on any atom is -0.348 e. The molecular weight excluding hydrogens is 402 g/mol. The van der Waals surface area contributed by atoms with Gasteiger partial charge in [-0.1, -0.05) is 24.6 Å². The summed E-state index contributed by atoms with van der Waals surface area (Å²) >= 11 is 6.27. The molecule has 0 saturated carbocycles. The number of nitrogens with one attached hydrogen (secondary N) is 1. The zero-order valence-electron chi connectivity index (χ0n) is 18.0. The van der Waals surface area contributed by atoms with E-state index in [1.54, 1.807) is 17.0 Å². The van der Waals surface area contributed by atoms with Gasteiger partial charge in [-0.3, -0.25) is 14.4 Å². The van der Waals surface area contributed by atoms with Gasteiger partial charge < -0.3 is 15.1 Å². The first-order valence-corrected chi connectivity index (χ1v) is 11.5. The first kappa shape index (κ1) is 22.6. The summed E-state index contributed by atoms with van der Waals surface area (Å²) in [4.78, 5) is 41.5. The highest BCUT2D eigenvalue weighted by molar-refractivity contribution is 6.31. The maximum Gasteiger partial charge on any atom is 0.251 e. The van der Waals surface area contributed by atoms with Gasteiger partial charge in [0.25, 0.3) is 5.91 Å². The van der Waals surface area contributed by atoms with Crippen molar-refractivity contribution >= 4 is 29.3 Å². The molecule has 0 spiro atoms. The number of hydrogen-bond acceptors (Lipinski definition) is 3. The van der Waals surface area contributed by atoms with Gasteiger partial charge in [-0.25, -0.2) is 0 Å². The molecular formula is C23H32ClN3O3. The van der Waals surface area contributed by atoms with Crippen LogP contribution in [0.4, 0.5) is 0 Å². The molecule has 30 heavy (non-hydrogen) atoms. The Bertz CT molecular complexity index is 798. The van der Waals surface area contributed by atoms with Crippen molar-refractivity contribution in [1.82, 2.24) is 15.1 Å². The number of piperidine rings is 1. The predicted octanol–water partition coefficient (Wildman–Crippen LogP) is 3.27. The number of benzene rings is 1. The number of hydrogen-bond donors (Lipinski definition) is 1. The second-order valence-corrected chi connectivity index (χ2v) is 8.69. The highest BCUT2D eigenvalue weighted by atomic mass is 35.5. The van der Waals surface area contributed by atoms with Gasteiger partial charge in [0.05, 0.1) is 5.92 Å². The molecule has 1 aromatic carbocycles. The molecule has 0 aliphatic carbocycles. The first-order valence-electron chi connectivity index (χ1n) is 11.1. The highest BCUT2D eigenvalue weighted by Gasteiger charge is 2.33. The SMILES string of the molecule is CCc1ccc(C(=O)NC2CCCCN(C(=O)C3CCC(=O)N(CC)C3)C2)cc1Cl. The lowest BCUT2D eigenvalue weighted by Gasteiger charge is -2.35. The Balaban J connectivity index is 1.63. The van der Waals surface area contributed by atoms with E-state index < -0.39 is 0 Å². The number of carbonyl (C=O) groups excluding carboxylic acids is 3. The fourth-order valence-electron chi connectivity index (χ4n) is 4.38. The van der Waals surface area contributed by atoms with Crippen LogP contribution in [0.1, 0.15) is 61.9 Å². The Kier molecular flexibility index (Phi) is 7.75. The van der Waals surface area contributed by atoms with Crippen LogP contribution >= 0.6 is 11.6 Å². The molecule has 0 aromatic heterocycles. The Morgan fingerprint density at radius 1 is 1.17 bits per heavy atom. The van der Waals surface area contributed by atoms with E-state index in [0.29, 0.717) is 49.6 Å². The number of nitrogens with zero attached hydrogens (tertiary/aromatic N) is 2. The minimum atomic E-state index is -0.153. The van der Waals surface area contributed by atoms with E-state index in [2.05, 4.69) is 5.32 Å². The van der Waals surface area contributed by atoms with Gasteiger partial charge in [-0.15, -0.1) is 0 Å². The third kappa shape index (κ3) is 5.34. The van der Waals surface area contributed by atoms with Crippen molar-refractivity contribution < 1.29 is 14.4 Å². The maximum absolute atomic E-state index is 13.1. The summed E-state index contributed by atoms with van der Waals surface area (Å²) in [6.07, 6.45) is 4.62. The fraction of sp³-hybridized carbons (Fsp3) is 0.609. The van der Waals surface area contributed by atoms with Gasteiger partial charge in [0.1, 0.15) is 0 Å². The zero-order valence-corrected chi connectivity index (χ0v) is 18.7. The van der Waals surface area contributed by atoms with Gasteiger partial charge in [-0.05, 0) is 56.7 Å². The molecule has 2 unspecified atom stereocenters. The molecule has 2 atom stereocenters. The molecule has 7 heteroatoms. The average Bonchev–Trinajstić information content (AvgIpc) is 2.99. The quantitative estimate of drug-likeness (QED) is 0.774. The van der Waals surface area contributed by atoms with Crippen molar-refractivity contribution in [3.63, 3.8) is 0 Å². The van der Waals surface area contributed by atoms with Crippen molar-refractivity contribution in [2.75, 3.05) is 26.2 Å². The molecule has 3 amide bonds. The lowest BCUT2D eigenvalue weighted by atomic mass is 9.95. The Hall–Kier alpha value is -2.08. The Morgan fingerprint density at radius 3 is 2.67 bits per heavy atom. The lowest BCUT2D eigenvalue weighted by Crippen LogP contribution is -2.50. The van der Waals surface area contributed by atoms with Crippen LogP contribution in [-0.4, -0.2) is 59.7 Å². The standard InChI is InChI=1S/C23H32ClN3O3/c1-3-16-8-9-17(13-20(16)24)22(29)25-19-7-5-6-12-27(15-19)23(30)18-10-11-21(28)26(4-2)14-18/h8-9,13,18-19H,3-7,10-12,14-15H2,1-2H3,(H,25,29). The van der Waals surface area contributed by atoms with Crippen molar-refractivity contribution in [2.24, 2.45) is 5.92 Å². The summed E-state index contributed by atoms with van der Waals surface area (Å²) in [6, 6.07) is 5.33. The summed E-state index contributed by atoms with van der Waals surface area (Å²) in [7, 11) is 0. The van der Waals surface area contributed by atoms with Gasteiger partial charge >= 0.3 is 0 Å². The summed E-state index contributed by atoms with van der Waals surface area (Å²) in [5.74, 6) is -0.0514. The van der Waals surface area contributed by atoms with E-state index in [1.165, 1.54) is 0 Å². The summed E-state index contributed by atoms with van der Waals surface area (Å²) < 4.78 is 0. The van der Waals surface area contributed by atoms with E-state index in [4.69, 9.17) is 11.6 Å². The normalized spacial score (nSPS) is 22.6. The van der Waals surface area contributed by atoms with Gasteiger partial charge in [0, 0.05) is 49.2 Å². The molecule has 1 aromatic rings. The topological polar surface area (TPSA) is 69.7 Å². The van der Waals surface area contributed by atoms with Crippen LogP contribution in [0.15, 0.2) is 18.2 Å². The minimum absolute atomic E-state index is 0.0823. The van der Waals surface area contributed by atoms with Gasteiger partial charge in [0.15, 0.2) is 0 Å². The van der Waals surface area contributed by atoms with Crippen LogP contribution in [0.5, 0.6) is 0 Å². The van der Waals surface area contributed by atoms with Crippen molar-refractivity contribution in [3.8, 4) is 0 Å². The van der Waals surface area contributed by atoms with E-state index in [-0.39, 0.29) is 29.7 Å². The summed E-state index contributed by atoms with van der Waals surface area (Å²) in [5, 5.41) is 3.71. The summed E-state index contributed by atoms with van der Waals surface area (Å²) in [5.41, 5.74) is 1.57.